The summed E-state index contributed by atoms with van der Waals surface area (Å²) in [6, 6.07) is 4.79. The largest absolute Gasteiger partial charge is 0.416 e. The van der Waals surface area contributed by atoms with E-state index in [1.54, 1.807) is 6.20 Å². The minimum atomic E-state index is -4.44. The Morgan fingerprint density at radius 1 is 1.37 bits per heavy atom. The van der Waals surface area contributed by atoms with Crippen molar-refractivity contribution in [2.75, 3.05) is 36.9 Å². The predicted molar refractivity (Wildman–Crippen MR) is 95.5 cm³/mol. The molecule has 6 nitrogen and oxygen atoms in total. The van der Waals surface area contributed by atoms with Crippen molar-refractivity contribution in [3.63, 3.8) is 0 Å². The summed E-state index contributed by atoms with van der Waals surface area (Å²) in [7, 11) is 1.82. The first kappa shape index (κ1) is 19.1. The lowest BCUT2D eigenvalue weighted by atomic mass is 10.1. The maximum absolute atomic E-state index is 12.7. The van der Waals surface area contributed by atoms with Crippen LogP contribution in [0.5, 0.6) is 0 Å². The average molecular weight is 379 g/mol. The lowest BCUT2D eigenvalue weighted by Gasteiger charge is -2.44. The quantitative estimate of drug-likeness (QED) is 0.865. The lowest BCUT2D eigenvalue weighted by molar-refractivity contribution is -0.137. The first-order valence-corrected chi connectivity index (χ1v) is 8.43. The molecule has 0 bridgehead atoms. The molecular weight excluding hydrogens is 359 g/mol. The fraction of sp³-hybridized carbons (Fsp3) is 0.389. The molecule has 0 saturated carbocycles. The molecule has 1 amide bonds. The number of hydrogen-bond acceptors (Lipinski definition) is 5. The molecule has 0 spiro atoms. The van der Waals surface area contributed by atoms with Crippen molar-refractivity contribution < 1.29 is 18.0 Å². The van der Waals surface area contributed by atoms with Crippen LogP contribution in [0, 0.1) is 6.92 Å². The third kappa shape index (κ3) is 4.54. The maximum atomic E-state index is 12.7. The summed E-state index contributed by atoms with van der Waals surface area (Å²) >= 11 is 0. The van der Waals surface area contributed by atoms with Crippen molar-refractivity contribution in [1.29, 1.82) is 0 Å². The number of amides is 1. The Morgan fingerprint density at radius 3 is 2.78 bits per heavy atom. The van der Waals surface area contributed by atoms with Gasteiger partial charge in [-0.2, -0.15) is 13.2 Å². The van der Waals surface area contributed by atoms with Crippen molar-refractivity contribution in [3.8, 4) is 0 Å². The molecular formula is C18H20F3N5O. The zero-order chi connectivity index (χ0) is 19.6. The molecule has 2 heterocycles. The van der Waals surface area contributed by atoms with E-state index in [4.69, 9.17) is 0 Å². The fourth-order valence-corrected chi connectivity index (χ4v) is 2.96. The van der Waals surface area contributed by atoms with E-state index in [1.165, 1.54) is 18.5 Å². The number of likely N-dealkylation sites (N-methyl/N-ethyl adjacent to an activating group) is 1. The van der Waals surface area contributed by atoms with Gasteiger partial charge in [0, 0.05) is 36.6 Å². The van der Waals surface area contributed by atoms with Gasteiger partial charge in [-0.05, 0) is 32.2 Å². The molecule has 1 aromatic carbocycles. The predicted octanol–water partition coefficient (Wildman–Crippen LogP) is 2.56. The molecule has 27 heavy (non-hydrogen) atoms. The Bertz CT molecular complexity index is 821. The van der Waals surface area contributed by atoms with Crippen LogP contribution in [0.15, 0.2) is 36.8 Å². The number of halogens is 3. The molecule has 0 radical (unpaired) electrons. The van der Waals surface area contributed by atoms with E-state index in [9.17, 15) is 18.0 Å². The number of nitrogens with one attached hydrogen (secondary N) is 1. The molecule has 3 rings (SSSR count). The summed E-state index contributed by atoms with van der Waals surface area (Å²) < 4.78 is 38.2. The standard InChI is InChI=1S/C18H20F3N5O/c1-12-7-22-11-23-17(12)26-8-15(9-26)25(2)10-16(27)24-14-5-3-4-13(6-14)18(19,20)21/h3-7,11,15H,8-10H2,1-2H3,(H,24,27). The Morgan fingerprint density at radius 2 is 2.11 bits per heavy atom. The first-order valence-electron chi connectivity index (χ1n) is 8.43. The van der Waals surface area contributed by atoms with Crippen LogP contribution in [0.1, 0.15) is 11.1 Å². The number of carbonyl (C=O) groups excluding carboxylic acids is 1. The van der Waals surface area contributed by atoms with Crippen molar-refractivity contribution in [1.82, 2.24) is 14.9 Å². The van der Waals surface area contributed by atoms with Crippen LogP contribution in [0.3, 0.4) is 0 Å². The highest BCUT2D eigenvalue weighted by atomic mass is 19.4. The number of aromatic nitrogens is 2. The number of anilines is 2. The molecule has 9 heteroatoms. The molecule has 1 aromatic heterocycles. The highest BCUT2D eigenvalue weighted by molar-refractivity contribution is 5.92. The van der Waals surface area contributed by atoms with E-state index in [0.29, 0.717) is 0 Å². The molecule has 144 valence electrons. The van der Waals surface area contributed by atoms with Crippen molar-refractivity contribution in [3.05, 3.63) is 47.9 Å². The zero-order valence-corrected chi connectivity index (χ0v) is 15.0. The van der Waals surface area contributed by atoms with Crippen LogP contribution >= 0.6 is 0 Å². The van der Waals surface area contributed by atoms with Gasteiger partial charge < -0.3 is 10.2 Å². The van der Waals surface area contributed by atoms with Gasteiger partial charge in [-0.1, -0.05) is 6.07 Å². The molecule has 0 unspecified atom stereocenters. The Kier molecular flexibility index (Phi) is 5.31. The second-order valence-corrected chi connectivity index (χ2v) is 6.63. The highest BCUT2D eigenvalue weighted by Crippen LogP contribution is 2.30. The van der Waals surface area contributed by atoms with Gasteiger partial charge in [-0.15, -0.1) is 0 Å². The number of nitrogens with zero attached hydrogens (tertiary/aromatic N) is 4. The Balaban J connectivity index is 1.51. The molecule has 1 aliphatic rings. The van der Waals surface area contributed by atoms with E-state index in [0.717, 1.165) is 36.6 Å². The lowest BCUT2D eigenvalue weighted by Crippen LogP contribution is -2.60. The monoisotopic (exact) mass is 379 g/mol. The third-order valence-corrected chi connectivity index (χ3v) is 4.52. The van der Waals surface area contributed by atoms with E-state index in [-0.39, 0.29) is 24.2 Å². The van der Waals surface area contributed by atoms with Crippen LogP contribution in [-0.4, -0.2) is 53.5 Å². The van der Waals surface area contributed by atoms with Crippen LogP contribution in [0.4, 0.5) is 24.7 Å². The van der Waals surface area contributed by atoms with E-state index in [2.05, 4.69) is 20.2 Å². The summed E-state index contributed by atoms with van der Waals surface area (Å²) in [5.41, 5.74) is 0.333. The van der Waals surface area contributed by atoms with Gasteiger partial charge in [0.25, 0.3) is 0 Å². The van der Waals surface area contributed by atoms with Gasteiger partial charge in [-0.3, -0.25) is 9.69 Å². The summed E-state index contributed by atoms with van der Waals surface area (Å²) in [6.45, 7) is 3.49. The van der Waals surface area contributed by atoms with E-state index in [1.807, 2.05) is 18.9 Å². The molecule has 0 aliphatic carbocycles. The molecule has 1 aliphatic heterocycles. The number of alkyl halides is 3. The second kappa shape index (κ2) is 7.51. The van der Waals surface area contributed by atoms with Gasteiger partial charge in [0.05, 0.1) is 12.1 Å². The van der Waals surface area contributed by atoms with Crippen LogP contribution in [0.25, 0.3) is 0 Å². The van der Waals surface area contributed by atoms with E-state index < -0.39 is 11.7 Å². The van der Waals surface area contributed by atoms with Crippen LogP contribution in [-0.2, 0) is 11.0 Å². The minimum absolute atomic E-state index is 0.0948. The van der Waals surface area contributed by atoms with E-state index >= 15 is 0 Å². The maximum Gasteiger partial charge on any atom is 0.416 e. The SMILES string of the molecule is Cc1cncnc1N1CC(N(C)CC(=O)Nc2cccc(C(F)(F)F)c2)C1. The molecule has 1 fully saturated rings. The van der Waals surface area contributed by atoms with Gasteiger partial charge in [0.15, 0.2) is 0 Å². The topological polar surface area (TPSA) is 61.4 Å². The molecule has 2 aromatic rings. The Hall–Kier alpha value is -2.68. The number of carbonyl (C=O) groups is 1. The smallest absolute Gasteiger partial charge is 0.353 e. The summed E-state index contributed by atoms with van der Waals surface area (Å²) in [6.07, 6.45) is -1.18. The fourth-order valence-electron chi connectivity index (χ4n) is 2.96. The molecule has 1 N–H and O–H groups in total. The minimum Gasteiger partial charge on any atom is -0.353 e. The summed E-state index contributed by atoms with van der Waals surface area (Å²) in [4.78, 5) is 24.4. The number of aryl methyl sites for hydroxylation is 1. The zero-order valence-electron chi connectivity index (χ0n) is 15.0. The normalized spacial score (nSPS) is 15.0. The van der Waals surface area contributed by atoms with Gasteiger partial charge in [0.1, 0.15) is 12.1 Å². The summed E-state index contributed by atoms with van der Waals surface area (Å²) in [5, 5.41) is 2.53. The first-order chi connectivity index (χ1) is 12.7. The Labute approximate surface area is 155 Å². The van der Waals surface area contributed by atoms with Gasteiger partial charge in [-0.25, -0.2) is 9.97 Å². The number of rotatable bonds is 5. The van der Waals surface area contributed by atoms with Gasteiger partial charge in [0.2, 0.25) is 5.91 Å². The molecule has 1 saturated heterocycles. The second-order valence-electron chi connectivity index (χ2n) is 6.63. The highest BCUT2D eigenvalue weighted by Gasteiger charge is 2.33. The molecule has 0 atom stereocenters. The van der Waals surface area contributed by atoms with Crippen molar-refractivity contribution >= 4 is 17.4 Å². The third-order valence-electron chi connectivity index (χ3n) is 4.52. The van der Waals surface area contributed by atoms with Crippen molar-refractivity contribution in [2.24, 2.45) is 0 Å². The number of benzene rings is 1. The summed E-state index contributed by atoms with van der Waals surface area (Å²) in [5.74, 6) is 0.525. The van der Waals surface area contributed by atoms with Gasteiger partial charge >= 0.3 is 6.18 Å². The average Bonchev–Trinajstić information content (AvgIpc) is 2.54. The van der Waals surface area contributed by atoms with Crippen LogP contribution < -0.4 is 10.2 Å². The van der Waals surface area contributed by atoms with Crippen molar-refractivity contribution in [2.45, 2.75) is 19.1 Å². The number of hydrogen-bond donors (Lipinski definition) is 1. The van der Waals surface area contributed by atoms with Crippen LogP contribution in [0.2, 0.25) is 0 Å².